The van der Waals surface area contributed by atoms with Crippen molar-refractivity contribution in [3.63, 3.8) is 0 Å². The molecule has 0 bridgehead atoms. The fourth-order valence-electron chi connectivity index (χ4n) is 1.82. The molecule has 0 saturated carbocycles. The Morgan fingerprint density at radius 1 is 1.31 bits per heavy atom. The van der Waals surface area contributed by atoms with Crippen LogP contribution in [0, 0.1) is 0 Å². The Morgan fingerprint density at radius 2 is 2.08 bits per heavy atom. The molecular weight excluding hydrogens is 164 g/mol. The number of ether oxygens (including phenoxy) is 2. The first-order chi connectivity index (χ1) is 6.33. The topological polar surface area (TPSA) is 21.8 Å². The maximum atomic E-state index is 5.58. The molecule has 1 aliphatic rings. The van der Waals surface area contributed by atoms with Gasteiger partial charge in [0.15, 0.2) is 0 Å². The van der Waals surface area contributed by atoms with Crippen LogP contribution in [0.5, 0.6) is 0 Å². The molecule has 0 amide bonds. The Labute approximate surface area is 81.6 Å². The predicted octanol–water partition coefficient (Wildman–Crippen LogP) is 2.76. The molecule has 13 heavy (non-hydrogen) atoms. The van der Waals surface area contributed by atoms with Crippen molar-refractivity contribution < 1.29 is 9.47 Å². The quantitative estimate of drug-likeness (QED) is 0.570. The highest BCUT2D eigenvalue weighted by Crippen LogP contribution is 2.32. The van der Waals surface area contributed by atoms with Gasteiger partial charge in [0, 0.05) is 7.11 Å². The summed E-state index contributed by atoms with van der Waals surface area (Å²) in [6, 6.07) is 0. The maximum absolute atomic E-state index is 5.58. The summed E-state index contributed by atoms with van der Waals surface area (Å²) in [6.07, 6.45) is 7.28. The summed E-state index contributed by atoms with van der Waals surface area (Å²) in [5.74, 6) is 0. The Bertz CT molecular complexity index is 136. The lowest BCUT2D eigenvalue weighted by Crippen LogP contribution is -2.19. The Kier molecular flexibility index (Phi) is 4.74. The predicted molar refractivity (Wildman–Crippen MR) is 53.9 cm³/mol. The van der Waals surface area contributed by atoms with Gasteiger partial charge in [-0.15, -0.1) is 0 Å². The maximum Gasteiger partial charge on any atom is 0.110 e. The average molecular weight is 186 g/mol. The van der Waals surface area contributed by atoms with E-state index < -0.39 is 0 Å². The second-order valence-corrected chi connectivity index (χ2v) is 3.84. The molecule has 2 heteroatoms. The van der Waals surface area contributed by atoms with Gasteiger partial charge in [-0.1, -0.05) is 33.1 Å². The smallest absolute Gasteiger partial charge is 0.110 e. The van der Waals surface area contributed by atoms with Crippen LogP contribution < -0.4 is 0 Å². The highest BCUT2D eigenvalue weighted by atomic mass is 16.6. The van der Waals surface area contributed by atoms with E-state index >= 15 is 0 Å². The van der Waals surface area contributed by atoms with E-state index in [2.05, 4.69) is 13.8 Å². The van der Waals surface area contributed by atoms with Crippen LogP contribution in [0.2, 0.25) is 0 Å². The standard InChI is InChI=1S/C11H22O2/c1-4-6-8-9(12-3)11-10(13-11)7-5-2/h9-11H,4-8H2,1-3H3. The van der Waals surface area contributed by atoms with Gasteiger partial charge in [0.1, 0.15) is 6.10 Å². The molecule has 3 atom stereocenters. The van der Waals surface area contributed by atoms with Crippen molar-refractivity contribution in [2.45, 2.75) is 64.3 Å². The molecule has 1 fully saturated rings. The van der Waals surface area contributed by atoms with E-state index in [-0.39, 0.29) is 0 Å². The zero-order valence-corrected chi connectivity index (χ0v) is 9.08. The van der Waals surface area contributed by atoms with E-state index in [0.29, 0.717) is 18.3 Å². The van der Waals surface area contributed by atoms with E-state index in [1.807, 2.05) is 0 Å². The first-order valence-corrected chi connectivity index (χ1v) is 5.51. The third-order valence-electron chi connectivity index (χ3n) is 2.71. The highest BCUT2D eigenvalue weighted by molar-refractivity contribution is 4.90. The summed E-state index contributed by atoms with van der Waals surface area (Å²) in [6.45, 7) is 4.41. The third-order valence-corrected chi connectivity index (χ3v) is 2.71. The van der Waals surface area contributed by atoms with Gasteiger partial charge in [-0.3, -0.25) is 0 Å². The van der Waals surface area contributed by atoms with Gasteiger partial charge in [0.25, 0.3) is 0 Å². The van der Waals surface area contributed by atoms with Crippen LogP contribution in [0.1, 0.15) is 46.0 Å². The monoisotopic (exact) mass is 186 g/mol. The lowest BCUT2D eigenvalue weighted by atomic mass is 10.1. The molecule has 1 heterocycles. The minimum atomic E-state index is 0.344. The Balaban J connectivity index is 2.17. The minimum Gasteiger partial charge on any atom is -0.379 e. The van der Waals surface area contributed by atoms with Gasteiger partial charge >= 0.3 is 0 Å². The number of rotatable bonds is 7. The highest BCUT2D eigenvalue weighted by Gasteiger charge is 2.43. The molecule has 0 radical (unpaired) electrons. The number of unbranched alkanes of at least 4 members (excludes halogenated alkanes) is 1. The van der Waals surface area contributed by atoms with E-state index in [9.17, 15) is 0 Å². The van der Waals surface area contributed by atoms with Crippen molar-refractivity contribution in [1.29, 1.82) is 0 Å². The van der Waals surface area contributed by atoms with Crippen LogP contribution in [0.15, 0.2) is 0 Å². The molecule has 3 unspecified atom stereocenters. The SMILES string of the molecule is CCCCC(OC)C1OC1CCC. The molecule has 0 N–H and O–H groups in total. The van der Waals surface area contributed by atoms with Crippen LogP contribution in [0.3, 0.4) is 0 Å². The molecule has 1 saturated heterocycles. The fourth-order valence-corrected chi connectivity index (χ4v) is 1.82. The first kappa shape index (κ1) is 11.0. The van der Waals surface area contributed by atoms with E-state index in [1.165, 1.54) is 25.7 Å². The second kappa shape index (κ2) is 5.61. The van der Waals surface area contributed by atoms with Crippen LogP contribution in [0.4, 0.5) is 0 Å². The zero-order chi connectivity index (χ0) is 9.68. The molecule has 1 rings (SSSR count). The Hall–Kier alpha value is -0.0800. The van der Waals surface area contributed by atoms with Crippen LogP contribution in [-0.2, 0) is 9.47 Å². The Morgan fingerprint density at radius 3 is 2.62 bits per heavy atom. The van der Waals surface area contributed by atoms with Gasteiger partial charge in [0.2, 0.25) is 0 Å². The van der Waals surface area contributed by atoms with Gasteiger partial charge in [-0.25, -0.2) is 0 Å². The summed E-state index contributed by atoms with van der Waals surface area (Å²) in [5, 5.41) is 0. The number of epoxide rings is 1. The van der Waals surface area contributed by atoms with Crippen molar-refractivity contribution in [1.82, 2.24) is 0 Å². The average Bonchev–Trinajstić information content (AvgIpc) is 2.87. The molecule has 1 aliphatic heterocycles. The second-order valence-electron chi connectivity index (χ2n) is 3.84. The number of methoxy groups -OCH3 is 1. The van der Waals surface area contributed by atoms with Gasteiger partial charge in [-0.2, -0.15) is 0 Å². The van der Waals surface area contributed by atoms with Crippen molar-refractivity contribution in [2.24, 2.45) is 0 Å². The third kappa shape index (κ3) is 3.28. The van der Waals surface area contributed by atoms with Gasteiger partial charge in [-0.05, 0) is 12.8 Å². The van der Waals surface area contributed by atoms with Gasteiger partial charge in [0.05, 0.1) is 12.2 Å². The van der Waals surface area contributed by atoms with Crippen LogP contribution in [0.25, 0.3) is 0 Å². The van der Waals surface area contributed by atoms with Crippen molar-refractivity contribution in [3.8, 4) is 0 Å². The summed E-state index contributed by atoms with van der Waals surface area (Å²) in [4.78, 5) is 0. The van der Waals surface area contributed by atoms with Crippen molar-refractivity contribution in [3.05, 3.63) is 0 Å². The van der Waals surface area contributed by atoms with E-state index in [4.69, 9.17) is 9.47 Å². The molecule has 0 spiro atoms. The van der Waals surface area contributed by atoms with E-state index in [1.54, 1.807) is 7.11 Å². The van der Waals surface area contributed by atoms with Crippen molar-refractivity contribution >= 4 is 0 Å². The lowest BCUT2D eigenvalue weighted by Gasteiger charge is -2.11. The van der Waals surface area contributed by atoms with Crippen molar-refractivity contribution in [2.75, 3.05) is 7.11 Å². The first-order valence-electron chi connectivity index (χ1n) is 5.51. The molecular formula is C11H22O2. The zero-order valence-electron chi connectivity index (χ0n) is 9.08. The summed E-state index contributed by atoms with van der Waals surface area (Å²) in [7, 11) is 1.80. The fraction of sp³-hybridized carbons (Fsp3) is 1.00. The van der Waals surface area contributed by atoms with Crippen LogP contribution >= 0.6 is 0 Å². The normalized spacial score (nSPS) is 28.8. The molecule has 78 valence electrons. The summed E-state index contributed by atoms with van der Waals surface area (Å²) >= 11 is 0. The van der Waals surface area contributed by atoms with E-state index in [0.717, 1.165) is 6.42 Å². The number of hydrogen-bond donors (Lipinski definition) is 0. The summed E-state index contributed by atoms with van der Waals surface area (Å²) in [5.41, 5.74) is 0. The molecule has 0 aliphatic carbocycles. The van der Waals surface area contributed by atoms with Gasteiger partial charge < -0.3 is 9.47 Å². The molecule has 0 aromatic rings. The van der Waals surface area contributed by atoms with Crippen LogP contribution in [-0.4, -0.2) is 25.4 Å². The molecule has 0 aromatic carbocycles. The minimum absolute atomic E-state index is 0.344. The molecule has 2 nitrogen and oxygen atoms in total. The largest absolute Gasteiger partial charge is 0.379 e. The molecule has 0 aromatic heterocycles. The number of hydrogen-bond acceptors (Lipinski definition) is 2. The summed E-state index contributed by atoms with van der Waals surface area (Å²) < 4.78 is 11.0. The lowest BCUT2D eigenvalue weighted by molar-refractivity contribution is 0.0677.